The third kappa shape index (κ3) is 2.64. The standard InChI is InChI=1S/C12H12BrF4N3O/c1-10(8-6(14)3-4-7(13)19-8)5-21-11(2,9(18)20-10)12(15,16)17/h3-4H,5H2,1-2H3,(H2,18,20)/t10?,11-/m1/s1. The van der Waals surface area contributed by atoms with Gasteiger partial charge in [0.15, 0.2) is 0 Å². The van der Waals surface area contributed by atoms with Crippen molar-refractivity contribution in [3.05, 3.63) is 28.2 Å². The van der Waals surface area contributed by atoms with E-state index in [-0.39, 0.29) is 5.69 Å². The number of hydrogen-bond acceptors (Lipinski definition) is 4. The molecule has 4 nitrogen and oxygen atoms in total. The van der Waals surface area contributed by atoms with Crippen LogP contribution in [0.25, 0.3) is 0 Å². The molecule has 1 aromatic heterocycles. The van der Waals surface area contributed by atoms with Crippen LogP contribution in [0.3, 0.4) is 0 Å². The number of ether oxygens (including phenoxy) is 1. The minimum Gasteiger partial charge on any atom is -0.385 e. The van der Waals surface area contributed by atoms with Gasteiger partial charge in [-0.1, -0.05) is 0 Å². The van der Waals surface area contributed by atoms with Crippen LogP contribution in [-0.4, -0.2) is 29.2 Å². The van der Waals surface area contributed by atoms with Crippen LogP contribution in [0.2, 0.25) is 0 Å². The molecule has 2 rings (SSSR count). The van der Waals surface area contributed by atoms with Crippen molar-refractivity contribution in [2.75, 3.05) is 6.61 Å². The molecule has 1 aliphatic heterocycles. The van der Waals surface area contributed by atoms with E-state index in [1.807, 2.05) is 0 Å². The van der Waals surface area contributed by atoms with Crippen molar-refractivity contribution < 1.29 is 22.3 Å². The summed E-state index contributed by atoms with van der Waals surface area (Å²) in [5, 5.41) is 0. The van der Waals surface area contributed by atoms with Crippen molar-refractivity contribution in [2.24, 2.45) is 10.7 Å². The van der Waals surface area contributed by atoms with Crippen LogP contribution in [0.5, 0.6) is 0 Å². The van der Waals surface area contributed by atoms with Crippen molar-refractivity contribution in [3.63, 3.8) is 0 Å². The summed E-state index contributed by atoms with van der Waals surface area (Å²) >= 11 is 3.08. The Hall–Kier alpha value is -1.22. The number of nitrogens with two attached hydrogens (primary N) is 1. The van der Waals surface area contributed by atoms with Gasteiger partial charge in [0.1, 0.15) is 27.5 Å². The molecular weight excluding hydrogens is 358 g/mol. The molecule has 1 aliphatic rings. The van der Waals surface area contributed by atoms with Crippen LogP contribution in [0.4, 0.5) is 17.6 Å². The highest BCUT2D eigenvalue weighted by molar-refractivity contribution is 9.10. The molecule has 0 saturated carbocycles. The van der Waals surface area contributed by atoms with Gasteiger partial charge in [0.05, 0.1) is 6.61 Å². The predicted octanol–water partition coefficient (Wildman–Crippen LogP) is 2.91. The predicted molar refractivity (Wildman–Crippen MR) is 71.3 cm³/mol. The van der Waals surface area contributed by atoms with E-state index in [4.69, 9.17) is 10.5 Å². The van der Waals surface area contributed by atoms with Crippen LogP contribution in [0.1, 0.15) is 19.5 Å². The zero-order valence-corrected chi connectivity index (χ0v) is 12.7. The van der Waals surface area contributed by atoms with Gasteiger partial charge in [-0.05, 0) is 41.9 Å². The first-order valence-corrected chi connectivity index (χ1v) is 6.68. The highest BCUT2D eigenvalue weighted by Crippen LogP contribution is 2.40. The summed E-state index contributed by atoms with van der Waals surface area (Å²) in [4.78, 5) is 7.76. The summed E-state index contributed by atoms with van der Waals surface area (Å²) in [6.07, 6.45) is -4.72. The van der Waals surface area contributed by atoms with Gasteiger partial charge in [-0.3, -0.25) is 4.99 Å². The molecule has 0 fully saturated rings. The number of halogens is 5. The quantitative estimate of drug-likeness (QED) is 0.611. The molecule has 0 bridgehead atoms. The van der Waals surface area contributed by atoms with E-state index in [0.717, 1.165) is 13.0 Å². The molecule has 2 N–H and O–H groups in total. The summed E-state index contributed by atoms with van der Waals surface area (Å²) in [7, 11) is 0. The van der Waals surface area contributed by atoms with Crippen molar-refractivity contribution in [2.45, 2.75) is 31.2 Å². The van der Waals surface area contributed by atoms with E-state index in [1.165, 1.54) is 13.0 Å². The van der Waals surface area contributed by atoms with E-state index in [1.54, 1.807) is 0 Å². The lowest BCUT2D eigenvalue weighted by molar-refractivity contribution is -0.249. The van der Waals surface area contributed by atoms with Crippen LogP contribution < -0.4 is 5.73 Å². The Balaban J connectivity index is 2.51. The second kappa shape index (κ2) is 4.91. The molecule has 0 aromatic carbocycles. The SMILES string of the molecule is CC1(c2nc(Br)ccc2F)CO[C@@](C)(C(F)(F)F)C(N)=N1. The van der Waals surface area contributed by atoms with Crippen LogP contribution in [0.15, 0.2) is 21.7 Å². The first-order chi connectivity index (χ1) is 9.49. The lowest BCUT2D eigenvalue weighted by Gasteiger charge is -2.40. The number of nitrogens with zero attached hydrogens (tertiary/aromatic N) is 2. The Morgan fingerprint density at radius 2 is 1.95 bits per heavy atom. The zero-order chi connectivity index (χ0) is 16.1. The van der Waals surface area contributed by atoms with Gasteiger partial charge in [0, 0.05) is 0 Å². The molecule has 0 amide bonds. The minimum absolute atomic E-state index is 0.135. The van der Waals surface area contributed by atoms with E-state index in [0.29, 0.717) is 4.60 Å². The maximum absolute atomic E-state index is 13.9. The normalized spacial score (nSPS) is 30.1. The fourth-order valence-corrected chi connectivity index (χ4v) is 2.22. The maximum atomic E-state index is 13.9. The molecule has 0 radical (unpaired) electrons. The average Bonchev–Trinajstić information content (AvgIpc) is 2.36. The maximum Gasteiger partial charge on any atom is 0.424 e. The average molecular weight is 370 g/mol. The fourth-order valence-electron chi connectivity index (χ4n) is 1.91. The first-order valence-electron chi connectivity index (χ1n) is 5.89. The molecule has 21 heavy (non-hydrogen) atoms. The molecule has 2 heterocycles. The highest BCUT2D eigenvalue weighted by Gasteiger charge is 2.59. The smallest absolute Gasteiger partial charge is 0.385 e. The Morgan fingerprint density at radius 1 is 1.33 bits per heavy atom. The molecular formula is C12H12BrF4N3O. The van der Waals surface area contributed by atoms with Gasteiger partial charge in [-0.2, -0.15) is 13.2 Å². The molecule has 1 unspecified atom stereocenters. The topological polar surface area (TPSA) is 60.5 Å². The van der Waals surface area contributed by atoms with Crippen molar-refractivity contribution in [1.82, 2.24) is 4.98 Å². The Kier molecular flexibility index (Phi) is 3.78. The van der Waals surface area contributed by atoms with Gasteiger partial charge < -0.3 is 10.5 Å². The Bertz CT molecular complexity index is 607. The number of amidine groups is 1. The van der Waals surface area contributed by atoms with Crippen molar-refractivity contribution >= 4 is 21.8 Å². The van der Waals surface area contributed by atoms with Crippen molar-refractivity contribution in [3.8, 4) is 0 Å². The minimum atomic E-state index is -4.72. The second-order valence-corrected chi connectivity index (χ2v) is 5.87. The lowest BCUT2D eigenvalue weighted by atomic mass is 9.93. The van der Waals surface area contributed by atoms with E-state index < -0.39 is 35.6 Å². The number of rotatable bonds is 1. The summed E-state index contributed by atoms with van der Waals surface area (Å²) in [5.74, 6) is -1.46. The monoisotopic (exact) mass is 369 g/mol. The van der Waals surface area contributed by atoms with E-state index in [9.17, 15) is 17.6 Å². The number of hydrogen-bond donors (Lipinski definition) is 1. The summed E-state index contributed by atoms with van der Waals surface area (Å²) in [6, 6.07) is 2.51. The number of alkyl halides is 3. The summed E-state index contributed by atoms with van der Waals surface area (Å²) in [5.41, 5.74) is 1.19. The van der Waals surface area contributed by atoms with Gasteiger partial charge in [0.25, 0.3) is 0 Å². The van der Waals surface area contributed by atoms with Gasteiger partial charge in [-0.25, -0.2) is 9.37 Å². The number of aliphatic imine (C=N–C) groups is 1. The van der Waals surface area contributed by atoms with Crippen molar-refractivity contribution in [1.29, 1.82) is 0 Å². The zero-order valence-electron chi connectivity index (χ0n) is 11.1. The molecule has 0 saturated heterocycles. The molecule has 1 aromatic rings. The first kappa shape index (κ1) is 16.2. The van der Waals surface area contributed by atoms with Gasteiger partial charge in [-0.15, -0.1) is 0 Å². The molecule has 9 heteroatoms. The van der Waals surface area contributed by atoms with Crippen LogP contribution >= 0.6 is 15.9 Å². The number of pyridine rings is 1. The lowest BCUT2D eigenvalue weighted by Crippen LogP contribution is -2.60. The van der Waals surface area contributed by atoms with Crippen LogP contribution in [-0.2, 0) is 10.3 Å². The third-order valence-electron chi connectivity index (χ3n) is 3.36. The largest absolute Gasteiger partial charge is 0.424 e. The summed E-state index contributed by atoms with van der Waals surface area (Å²) in [6.45, 7) is 1.70. The Labute approximate surface area is 126 Å². The summed E-state index contributed by atoms with van der Waals surface area (Å²) < 4.78 is 58.1. The molecule has 0 spiro atoms. The van der Waals surface area contributed by atoms with Crippen LogP contribution in [0, 0.1) is 5.82 Å². The fraction of sp³-hybridized carbons (Fsp3) is 0.500. The Morgan fingerprint density at radius 3 is 2.48 bits per heavy atom. The van der Waals surface area contributed by atoms with Gasteiger partial charge in [0.2, 0.25) is 5.60 Å². The van der Waals surface area contributed by atoms with E-state index >= 15 is 0 Å². The highest BCUT2D eigenvalue weighted by atomic mass is 79.9. The molecule has 116 valence electrons. The third-order valence-corrected chi connectivity index (χ3v) is 3.80. The van der Waals surface area contributed by atoms with E-state index in [2.05, 4.69) is 25.9 Å². The second-order valence-electron chi connectivity index (χ2n) is 5.05. The molecule has 0 aliphatic carbocycles. The number of aromatic nitrogens is 1. The van der Waals surface area contributed by atoms with Gasteiger partial charge >= 0.3 is 6.18 Å². The molecule has 2 atom stereocenters.